The topological polar surface area (TPSA) is 101 Å². The van der Waals surface area contributed by atoms with Crippen LogP contribution >= 0.6 is 0 Å². The molecule has 0 radical (unpaired) electrons. The number of imide groups is 1. The van der Waals surface area contributed by atoms with Gasteiger partial charge < -0.3 is 23.7 Å². The molecule has 0 aromatic heterocycles. The van der Waals surface area contributed by atoms with Gasteiger partial charge in [-0.05, 0) is 18.6 Å². The van der Waals surface area contributed by atoms with Crippen molar-refractivity contribution in [3.05, 3.63) is 35.4 Å². The van der Waals surface area contributed by atoms with E-state index in [0.717, 1.165) is 12.8 Å². The molecule has 0 unspecified atom stereocenters. The van der Waals surface area contributed by atoms with Gasteiger partial charge in [0.2, 0.25) is 0 Å². The summed E-state index contributed by atoms with van der Waals surface area (Å²) < 4.78 is 27.1. The van der Waals surface area contributed by atoms with E-state index in [2.05, 4.69) is 6.92 Å². The van der Waals surface area contributed by atoms with Crippen LogP contribution in [0.1, 0.15) is 130 Å². The van der Waals surface area contributed by atoms with Gasteiger partial charge in [0.1, 0.15) is 6.61 Å². The van der Waals surface area contributed by atoms with Crippen molar-refractivity contribution in [2.75, 3.05) is 66.0 Å². The number of hydrogen-bond acceptors (Lipinski definition) is 8. The molecule has 9 nitrogen and oxygen atoms in total. The van der Waals surface area contributed by atoms with Gasteiger partial charge in [0, 0.05) is 6.42 Å². The molecule has 0 bridgehead atoms. The van der Waals surface area contributed by atoms with Crippen LogP contribution < -0.4 is 0 Å². The molecule has 1 aliphatic rings. The van der Waals surface area contributed by atoms with E-state index in [0.29, 0.717) is 63.8 Å². The number of benzene rings is 1. The van der Waals surface area contributed by atoms with Gasteiger partial charge in [-0.1, -0.05) is 109 Å². The summed E-state index contributed by atoms with van der Waals surface area (Å²) in [7, 11) is 0. The number of amides is 2. The lowest BCUT2D eigenvalue weighted by atomic mass is 10.0. The van der Waals surface area contributed by atoms with Gasteiger partial charge in [-0.15, -0.1) is 0 Å². The van der Waals surface area contributed by atoms with E-state index in [4.69, 9.17) is 23.7 Å². The number of esters is 1. The molecule has 0 N–H and O–H groups in total. The lowest BCUT2D eigenvalue weighted by Crippen LogP contribution is -2.33. The quantitative estimate of drug-likeness (QED) is 0.0483. The maximum atomic E-state index is 12.3. The Morgan fingerprint density at radius 1 is 0.533 bits per heavy atom. The Hall–Kier alpha value is -2.33. The zero-order chi connectivity index (χ0) is 32.2. The molecule has 1 aromatic carbocycles. The second-order valence-electron chi connectivity index (χ2n) is 11.7. The van der Waals surface area contributed by atoms with Crippen molar-refractivity contribution in [3.8, 4) is 0 Å². The standard InChI is InChI=1S/C36H59NO8/c1-2-3-4-5-6-7-8-9-10-11-12-13-14-15-16-21-34(38)45-31-30-44-29-28-43-27-26-42-25-24-41-23-22-37-35(39)32-19-17-18-20-33(32)36(37)40/h17-20H,2-16,21-31H2,1H3. The highest BCUT2D eigenvalue weighted by Gasteiger charge is 2.34. The molecular formula is C36H59NO8. The molecule has 9 heteroatoms. The summed E-state index contributed by atoms with van der Waals surface area (Å²) in [5, 5.41) is 0. The monoisotopic (exact) mass is 633 g/mol. The average molecular weight is 634 g/mol. The third-order valence-electron chi connectivity index (χ3n) is 7.93. The number of unbranched alkanes of at least 4 members (excludes halogenated alkanes) is 14. The first-order chi connectivity index (χ1) is 22.1. The molecule has 2 amide bonds. The molecule has 0 fully saturated rings. The molecule has 0 aliphatic carbocycles. The van der Waals surface area contributed by atoms with E-state index in [1.807, 2.05) is 0 Å². The van der Waals surface area contributed by atoms with Crippen LogP contribution in [0.25, 0.3) is 0 Å². The zero-order valence-electron chi connectivity index (χ0n) is 27.9. The van der Waals surface area contributed by atoms with Crippen LogP contribution in [0.3, 0.4) is 0 Å². The van der Waals surface area contributed by atoms with Crippen LogP contribution in [0.4, 0.5) is 0 Å². The van der Waals surface area contributed by atoms with Crippen molar-refractivity contribution in [2.45, 2.75) is 110 Å². The Kier molecular flexibility index (Phi) is 23.2. The first-order valence-corrected chi connectivity index (χ1v) is 17.6. The first-order valence-electron chi connectivity index (χ1n) is 17.6. The van der Waals surface area contributed by atoms with Crippen molar-refractivity contribution in [1.29, 1.82) is 0 Å². The normalized spacial score (nSPS) is 12.7. The number of hydrogen-bond donors (Lipinski definition) is 0. The molecule has 0 saturated heterocycles. The summed E-state index contributed by atoms with van der Waals surface area (Å²) in [5.41, 5.74) is 0.890. The van der Waals surface area contributed by atoms with Crippen LogP contribution in [0.15, 0.2) is 24.3 Å². The van der Waals surface area contributed by atoms with Crippen molar-refractivity contribution >= 4 is 17.8 Å². The number of carbonyl (C=O) groups excluding carboxylic acids is 3. The number of nitrogens with zero attached hydrogens (tertiary/aromatic N) is 1. The van der Waals surface area contributed by atoms with Crippen molar-refractivity contribution in [1.82, 2.24) is 4.90 Å². The van der Waals surface area contributed by atoms with E-state index in [9.17, 15) is 14.4 Å². The molecule has 0 spiro atoms. The van der Waals surface area contributed by atoms with Crippen LogP contribution in [-0.4, -0.2) is 88.7 Å². The predicted octanol–water partition coefficient (Wildman–Crippen LogP) is 7.15. The Labute approximate surface area is 271 Å². The lowest BCUT2D eigenvalue weighted by molar-refractivity contribution is -0.145. The van der Waals surface area contributed by atoms with Crippen LogP contribution in [0.5, 0.6) is 0 Å². The largest absolute Gasteiger partial charge is 0.463 e. The summed E-state index contributed by atoms with van der Waals surface area (Å²) >= 11 is 0. The van der Waals surface area contributed by atoms with E-state index in [1.54, 1.807) is 24.3 Å². The minimum absolute atomic E-state index is 0.144. The fourth-order valence-corrected chi connectivity index (χ4v) is 5.29. The lowest BCUT2D eigenvalue weighted by Gasteiger charge is -2.13. The minimum Gasteiger partial charge on any atom is -0.463 e. The zero-order valence-corrected chi connectivity index (χ0v) is 27.9. The Morgan fingerprint density at radius 3 is 1.36 bits per heavy atom. The number of fused-ring (bicyclic) bond motifs is 1. The molecule has 1 heterocycles. The second-order valence-corrected chi connectivity index (χ2v) is 11.7. The molecule has 2 rings (SSSR count). The van der Waals surface area contributed by atoms with E-state index in [1.165, 1.54) is 88.4 Å². The molecule has 1 aliphatic heterocycles. The van der Waals surface area contributed by atoms with Crippen LogP contribution in [-0.2, 0) is 28.5 Å². The number of carbonyl (C=O) groups is 3. The highest BCUT2D eigenvalue weighted by atomic mass is 16.6. The summed E-state index contributed by atoms with van der Waals surface area (Å²) in [6.07, 6.45) is 20.1. The molecule has 45 heavy (non-hydrogen) atoms. The fraction of sp³-hybridized carbons (Fsp3) is 0.750. The smallest absolute Gasteiger partial charge is 0.305 e. The number of ether oxygens (including phenoxy) is 5. The molecular weight excluding hydrogens is 574 g/mol. The third kappa shape index (κ3) is 18.4. The first kappa shape index (κ1) is 38.9. The highest BCUT2D eigenvalue weighted by molar-refractivity contribution is 6.21. The molecule has 0 saturated carbocycles. The number of rotatable bonds is 31. The van der Waals surface area contributed by atoms with Gasteiger partial charge in [-0.3, -0.25) is 19.3 Å². The third-order valence-corrected chi connectivity index (χ3v) is 7.93. The van der Waals surface area contributed by atoms with Gasteiger partial charge in [0.15, 0.2) is 0 Å². The van der Waals surface area contributed by atoms with Gasteiger partial charge in [-0.2, -0.15) is 0 Å². The van der Waals surface area contributed by atoms with E-state index >= 15 is 0 Å². The minimum atomic E-state index is -0.275. The highest BCUT2D eigenvalue weighted by Crippen LogP contribution is 2.22. The summed E-state index contributed by atoms with van der Waals surface area (Å²) in [5.74, 6) is -0.694. The van der Waals surface area contributed by atoms with Gasteiger partial charge >= 0.3 is 5.97 Å². The Balaban J connectivity index is 1.23. The Bertz CT molecular complexity index is 889. The maximum Gasteiger partial charge on any atom is 0.305 e. The summed E-state index contributed by atoms with van der Waals surface area (Å²) in [4.78, 5) is 37.7. The van der Waals surface area contributed by atoms with Gasteiger partial charge in [0.05, 0.1) is 70.5 Å². The second kappa shape index (κ2) is 26.8. The average Bonchev–Trinajstić information content (AvgIpc) is 3.29. The predicted molar refractivity (Wildman–Crippen MR) is 176 cm³/mol. The van der Waals surface area contributed by atoms with Crippen LogP contribution in [0.2, 0.25) is 0 Å². The van der Waals surface area contributed by atoms with Crippen molar-refractivity contribution < 1.29 is 38.1 Å². The Morgan fingerprint density at radius 2 is 0.911 bits per heavy atom. The van der Waals surface area contributed by atoms with Crippen LogP contribution in [0, 0.1) is 0 Å². The summed E-state index contributed by atoms with van der Waals surface area (Å²) in [6, 6.07) is 6.83. The SMILES string of the molecule is CCCCCCCCCCCCCCCCCC(=O)OCCOCCOCCOCCOCCN1C(=O)c2ccccc2C1=O. The van der Waals surface area contributed by atoms with E-state index in [-0.39, 0.29) is 37.5 Å². The van der Waals surface area contributed by atoms with Crippen molar-refractivity contribution in [2.24, 2.45) is 0 Å². The molecule has 256 valence electrons. The maximum absolute atomic E-state index is 12.3. The summed E-state index contributed by atoms with van der Waals surface area (Å²) in [6.45, 7) is 5.88. The van der Waals surface area contributed by atoms with Gasteiger partial charge in [-0.25, -0.2) is 0 Å². The molecule has 0 atom stereocenters. The van der Waals surface area contributed by atoms with Crippen molar-refractivity contribution in [3.63, 3.8) is 0 Å². The van der Waals surface area contributed by atoms with E-state index < -0.39 is 0 Å². The fourth-order valence-electron chi connectivity index (χ4n) is 5.29. The molecule has 1 aromatic rings. The van der Waals surface area contributed by atoms with Gasteiger partial charge in [0.25, 0.3) is 11.8 Å².